The molecule has 0 bridgehead atoms. The lowest BCUT2D eigenvalue weighted by Gasteiger charge is -2.41. The summed E-state index contributed by atoms with van der Waals surface area (Å²) in [6.45, 7) is 5.80. The van der Waals surface area contributed by atoms with Gasteiger partial charge in [-0.1, -0.05) is 306 Å². The molecule has 11 nitrogen and oxygen atoms in total. The van der Waals surface area contributed by atoms with Crippen LogP contribution in [0.15, 0.2) is 60.8 Å². The van der Waals surface area contributed by atoms with E-state index >= 15 is 0 Å². The number of rotatable bonds is 63. The van der Waals surface area contributed by atoms with Gasteiger partial charge in [0.05, 0.1) is 25.4 Å². The highest BCUT2D eigenvalue weighted by Gasteiger charge is 2.47. The fourth-order valence-electron chi connectivity index (χ4n) is 11.4. The van der Waals surface area contributed by atoms with Gasteiger partial charge < -0.3 is 45.1 Å². The minimum atomic E-state index is -1.62. The van der Waals surface area contributed by atoms with Crippen LogP contribution in [0.1, 0.15) is 342 Å². The Labute approximate surface area is 528 Å². The first-order valence-corrected chi connectivity index (χ1v) is 36.6. The van der Waals surface area contributed by atoms with E-state index in [0.29, 0.717) is 12.8 Å². The molecule has 1 aliphatic heterocycles. The number of hydrogen-bond acceptors (Lipinski definition) is 10. The summed E-state index contributed by atoms with van der Waals surface area (Å²) in [6, 6.07) is -1.03. The van der Waals surface area contributed by atoms with E-state index in [2.05, 4.69) is 74.7 Å². The van der Waals surface area contributed by atoms with Gasteiger partial charge in [0.25, 0.3) is 0 Å². The number of allylic oxidation sites excluding steroid dienone is 9. The van der Waals surface area contributed by atoms with Gasteiger partial charge in [-0.05, 0) is 89.9 Å². The van der Waals surface area contributed by atoms with Crippen molar-refractivity contribution in [3.8, 4) is 0 Å². The molecule has 1 rings (SSSR count). The van der Waals surface area contributed by atoms with Crippen molar-refractivity contribution < 1.29 is 49.3 Å². The molecule has 0 aliphatic carbocycles. The summed E-state index contributed by atoms with van der Waals surface area (Å²) in [6.07, 6.45) is 69.8. The Kier molecular flexibility index (Phi) is 59.2. The van der Waals surface area contributed by atoms with E-state index < -0.39 is 67.4 Å². The number of esters is 1. The third-order valence-electron chi connectivity index (χ3n) is 17.1. The molecule has 1 heterocycles. The second kappa shape index (κ2) is 62.5. The minimum absolute atomic E-state index is 0.124. The molecule has 0 aromatic carbocycles. The van der Waals surface area contributed by atoms with Crippen molar-refractivity contribution in [3.63, 3.8) is 0 Å². The van der Waals surface area contributed by atoms with E-state index in [1.807, 2.05) is 6.08 Å². The van der Waals surface area contributed by atoms with Gasteiger partial charge in [0, 0.05) is 6.42 Å². The second-order valence-electron chi connectivity index (χ2n) is 25.3. The summed E-state index contributed by atoms with van der Waals surface area (Å²) >= 11 is 0. The van der Waals surface area contributed by atoms with Gasteiger partial charge in [-0.15, -0.1) is 0 Å². The molecule has 0 saturated carbocycles. The number of nitrogens with one attached hydrogen (secondary N) is 1. The van der Waals surface area contributed by atoms with Crippen LogP contribution < -0.4 is 5.32 Å². The van der Waals surface area contributed by atoms with E-state index in [4.69, 9.17) is 14.2 Å². The summed E-state index contributed by atoms with van der Waals surface area (Å²) in [5.74, 6) is -1.19. The van der Waals surface area contributed by atoms with Gasteiger partial charge >= 0.3 is 5.97 Å². The minimum Gasteiger partial charge on any atom is -0.454 e. The standard InChI is InChI=1S/C75H137NO10/c1-4-7-10-13-16-19-22-25-27-29-31-33-34-35-36-37-39-41-43-45-48-51-54-57-60-63-70(80)86-73-72(82)71(81)69(64-77)85-75(73)84-65-66(67(78)61-58-55-52-49-46-24-21-18-15-12-9-6-3)76-74(83)68(79)62-59-56-53-50-47-44-42-40-38-32-30-28-26-23-20-17-14-11-8-5-2/h17,20,25-28,32,38,58,61,66-69,71-73,75,77-79,81-82H,4-16,18-19,21-24,29-31,33-37,39-57,59-60,62-65H2,1-3H3,(H,76,83)/b20-17-,27-25+,28-26-,38-32-,61-58+. The van der Waals surface area contributed by atoms with Gasteiger partial charge in [0.15, 0.2) is 12.4 Å². The second-order valence-corrected chi connectivity index (χ2v) is 25.3. The predicted octanol–water partition coefficient (Wildman–Crippen LogP) is 18.9. The highest BCUT2D eigenvalue weighted by atomic mass is 16.7. The first-order valence-electron chi connectivity index (χ1n) is 36.6. The van der Waals surface area contributed by atoms with E-state index in [1.165, 1.54) is 212 Å². The maximum absolute atomic E-state index is 13.5. The van der Waals surface area contributed by atoms with Crippen LogP contribution in [0.4, 0.5) is 0 Å². The van der Waals surface area contributed by atoms with Gasteiger partial charge in [0.1, 0.15) is 24.4 Å². The fraction of sp³-hybridized carbons (Fsp3) is 0.840. The van der Waals surface area contributed by atoms with E-state index in [9.17, 15) is 35.1 Å². The summed E-state index contributed by atoms with van der Waals surface area (Å²) in [5, 5.41) is 57.3. The van der Waals surface area contributed by atoms with Crippen molar-refractivity contribution in [2.75, 3.05) is 13.2 Å². The molecule has 0 spiro atoms. The Balaban J connectivity index is 2.55. The van der Waals surface area contributed by atoms with Crippen LogP contribution in [-0.2, 0) is 23.8 Å². The zero-order chi connectivity index (χ0) is 62.4. The van der Waals surface area contributed by atoms with Gasteiger partial charge in [-0.3, -0.25) is 9.59 Å². The molecule has 1 saturated heterocycles. The van der Waals surface area contributed by atoms with Crippen LogP contribution in [0.5, 0.6) is 0 Å². The summed E-state index contributed by atoms with van der Waals surface area (Å²) < 4.78 is 17.7. The van der Waals surface area contributed by atoms with Crippen molar-refractivity contribution >= 4 is 11.9 Å². The molecule has 1 aliphatic rings. The summed E-state index contributed by atoms with van der Waals surface area (Å²) in [4.78, 5) is 26.7. The number of aliphatic hydroxyl groups is 5. The van der Waals surface area contributed by atoms with Crippen LogP contribution in [-0.4, -0.2) is 99.6 Å². The Morgan fingerprint density at radius 3 is 1.23 bits per heavy atom. The quantitative estimate of drug-likeness (QED) is 0.0195. The van der Waals surface area contributed by atoms with Crippen molar-refractivity contribution in [2.24, 2.45) is 0 Å². The molecule has 0 radical (unpaired) electrons. The normalized spacial score (nSPS) is 18.6. The highest BCUT2D eigenvalue weighted by Crippen LogP contribution is 2.26. The first kappa shape index (κ1) is 81.4. The van der Waals surface area contributed by atoms with E-state index in [0.717, 1.165) is 83.5 Å². The molecule has 8 atom stereocenters. The molecule has 8 unspecified atom stereocenters. The van der Waals surface area contributed by atoms with Gasteiger partial charge in [-0.2, -0.15) is 0 Å². The third-order valence-corrected chi connectivity index (χ3v) is 17.1. The zero-order valence-electron chi connectivity index (χ0n) is 55.9. The SMILES string of the molecule is CCCCC/C=C\C/C=C\C/C=C\CCCCCCCCCC(O)C(=O)NC(COC1OC(CO)C(O)C(O)C1OC(=O)CCCCCCCCCCCCCCCCC/C=C/CCCCCCCC)C(O)/C=C/CCCCCCCCCCCC. The average molecular weight is 1210 g/mol. The number of ether oxygens (including phenoxy) is 3. The Morgan fingerprint density at radius 1 is 0.453 bits per heavy atom. The third kappa shape index (κ3) is 49.2. The maximum atomic E-state index is 13.5. The van der Waals surface area contributed by atoms with Crippen molar-refractivity contribution in [1.82, 2.24) is 5.32 Å². The molecule has 0 aromatic rings. The lowest BCUT2D eigenvalue weighted by molar-refractivity contribution is -0.305. The molecule has 6 N–H and O–H groups in total. The lowest BCUT2D eigenvalue weighted by atomic mass is 9.99. The van der Waals surface area contributed by atoms with Crippen LogP contribution >= 0.6 is 0 Å². The lowest BCUT2D eigenvalue weighted by Crippen LogP contribution is -2.61. The van der Waals surface area contributed by atoms with Crippen LogP contribution in [0.3, 0.4) is 0 Å². The zero-order valence-corrected chi connectivity index (χ0v) is 55.9. The summed E-state index contributed by atoms with van der Waals surface area (Å²) in [7, 11) is 0. The van der Waals surface area contributed by atoms with Crippen molar-refractivity contribution in [3.05, 3.63) is 60.8 Å². The summed E-state index contributed by atoms with van der Waals surface area (Å²) in [5.41, 5.74) is 0. The Morgan fingerprint density at radius 2 is 0.802 bits per heavy atom. The van der Waals surface area contributed by atoms with Crippen LogP contribution in [0.2, 0.25) is 0 Å². The highest BCUT2D eigenvalue weighted by molar-refractivity contribution is 5.80. The topological polar surface area (TPSA) is 175 Å². The number of carbonyl (C=O) groups excluding carboxylic acids is 2. The molecule has 86 heavy (non-hydrogen) atoms. The van der Waals surface area contributed by atoms with Crippen LogP contribution in [0.25, 0.3) is 0 Å². The molecule has 1 amide bonds. The molecule has 0 aromatic heterocycles. The van der Waals surface area contributed by atoms with E-state index in [1.54, 1.807) is 6.08 Å². The van der Waals surface area contributed by atoms with Gasteiger partial charge in [-0.25, -0.2) is 0 Å². The molecular weight excluding hydrogens is 1070 g/mol. The van der Waals surface area contributed by atoms with Crippen LogP contribution in [0, 0.1) is 0 Å². The molecule has 11 heteroatoms. The number of hydrogen-bond donors (Lipinski definition) is 6. The number of unbranched alkanes of at least 4 members (excludes halogenated alkanes) is 41. The average Bonchev–Trinajstić information content (AvgIpc) is 3.30. The Hall–Kier alpha value is -2.64. The predicted molar refractivity (Wildman–Crippen MR) is 361 cm³/mol. The number of aliphatic hydroxyl groups excluding tert-OH is 5. The first-order chi connectivity index (χ1) is 42.2. The largest absolute Gasteiger partial charge is 0.454 e. The number of carbonyl (C=O) groups is 2. The fourth-order valence-corrected chi connectivity index (χ4v) is 11.4. The molecule has 502 valence electrons. The molecular formula is C75H137NO10. The van der Waals surface area contributed by atoms with Crippen molar-refractivity contribution in [2.45, 2.75) is 391 Å². The molecule has 1 fully saturated rings. The van der Waals surface area contributed by atoms with E-state index in [-0.39, 0.29) is 19.4 Å². The Bertz CT molecular complexity index is 1630. The van der Waals surface area contributed by atoms with Gasteiger partial charge in [0.2, 0.25) is 5.91 Å². The monoisotopic (exact) mass is 1210 g/mol. The van der Waals surface area contributed by atoms with Crippen molar-refractivity contribution in [1.29, 1.82) is 0 Å². The maximum Gasteiger partial charge on any atom is 0.306 e. The smallest absolute Gasteiger partial charge is 0.306 e. The number of amides is 1.